The third-order valence-electron chi connectivity index (χ3n) is 7.06. The van der Waals surface area contributed by atoms with Crippen molar-refractivity contribution in [1.29, 1.82) is 0 Å². The molecule has 5 rings (SSSR count). The summed E-state index contributed by atoms with van der Waals surface area (Å²) in [7, 11) is -3.24. The Kier molecular flexibility index (Phi) is 7.99. The molecule has 1 amide bonds. The largest absolute Gasteiger partial charge is 0.343 e. The first kappa shape index (κ1) is 29.2. The molecule has 214 valence electrons. The zero-order chi connectivity index (χ0) is 30.2. The number of halogens is 1. The summed E-state index contributed by atoms with van der Waals surface area (Å²) in [6.07, 6.45) is 2.75. The van der Waals surface area contributed by atoms with Gasteiger partial charge in [0.2, 0.25) is 0 Å². The molecule has 8 nitrogen and oxygen atoms in total. The van der Waals surface area contributed by atoms with Crippen molar-refractivity contribution in [1.82, 2.24) is 19.9 Å². The second kappa shape index (κ2) is 11.5. The number of carbonyl (C=O) groups is 1. The minimum absolute atomic E-state index is 0.100. The van der Waals surface area contributed by atoms with Crippen molar-refractivity contribution in [3.8, 4) is 16.9 Å². The minimum Gasteiger partial charge on any atom is -0.343 e. The second-order valence-electron chi connectivity index (χ2n) is 10.3. The number of nitrogens with one attached hydrogen (secondary N) is 1. The van der Waals surface area contributed by atoms with Crippen molar-refractivity contribution in [2.24, 2.45) is 0 Å². The van der Waals surface area contributed by atoms with Crippen molar-refractivity contribution < 1.29 is 13.2 Å². The van der Waals surface area contributed by atoms with Gasteiger partial charge in [-0.3, -0.25) is 19.1 Å². The highest BCUT2D eigenvalue weighted by Gasteiger charge is 2.22. The zero-order valence-corrected chi connectivity index (χ0v) is 25.1. The fraction of sp³-hybridized carbons (Fsp3) is 0.188. The van der Waals surface area contributed by atoms with Gasteiger partial charge in [0.05, 0.1) is 39.8 Å². The molecular weight excluding hydrogens is 572 g/mol. The lowest BCUT2D eigenvalue weighted by atomic mass is 10.0. The molecule has 0 bridgehead atoms. The summed E-state index contributed by atoms with van der Waals surface area (Å²) in [5.41, 5.74) is 4.07. The SMILES string of the molecule is Cc1ccc(-c2cnc(C)c(C(=O)N[C@@H](C)c3cc4cccc(Cl)c4c(=O)n3-c3ccccc3)n2)cc1CS(C)(=O)=O. The van der Waals surface area contributed by atoms with Gasteiger partial charge in [-0.2, -0.15) is 0 Å². The Bertz CT molecular complexity index is 2010. The Balaban J connectivity index is 1.53. The average Bonchev–Trinajstić information content (AvgIpc) is 2.94. The lowest BCUT2D eigenvalue weighted by Gasteiger charge is -2.21. The number of amides is 1. The maximum absolute atomic E-state index is 13.7. The highest BCUT2D eigenvalue weighted by molar-refractivity contribution is 7.89. The van der Waals surface area contributed by atoms with E-state index in [0.29, 0.717) is 49.7 Å². The van der Waals surface area contributed by atoms with E-state index in [2.05, 4.69) is 15.3 Å². The first-order valence-electron chi connectivity index (χ1n) is 13.2. The van der Waals surface area contributed by atoms with E-state index in [0.717, 1.165) is 5.56 Å². The van der Waals surface area contributed by atoms with E-state index in [1.807, 2.05) is 61.5 Å². The van der Waals surface area contributed by atoms with E-state index in [4.69, 9.17) is 11.6 Å². The number of carbonyl (C=O) groups excluding carboxylic acids is 1. The van der Waals surface area contributed by atoms with Crippen molar-refractivity contribution in [2.45, 2.75) is 32.6 Å². The van der Waals surface area contributed by atoms with Crippen LogP contribution >= 0.6 is 11.6 Å². The molecule has 5 aromatic rings. The molecule has 1 N–H and O–H groups in total. The molecule has 0 fully saturated rings. The number of sulfone groups is 1. The van der Waals surface area contributed by atoms with Crippen LogP contribution in [0.15, 0.2) is 83.8 Å². The normalized spacial score (nSPS) is 12.3. The summed E-state index contributed by atoms with van der Waals surface area (Å²) >= 11 is 6.42. The number of benzene rings is 3. The number of hydrogen-bond donors (Lipinski definition) is 1. The van der Waals surface area contributed by atoms with E-state index < -0.39 is 21.8 Å². The molecule has 0 aliphatic heterocycles. The molecule has 0 aliphatic carbocycles. The standard InChI is InChI=1S/C32H29ClN4O4S/c1-19-13-14-22(15-24(19)18-42(4,40)41)27-17-34-21(3)30(36-27)31(38)35-20(2)28-16-23-9-8-12-26(33)29(23)32(39)37(28)25-10-6-5-7-11-25/h5-17,20H,18H2,1-4H3,(H,35,38)/t20-/m0/s1. The number of pyridine rings is 1. The molecule has 42 heavy (non-hydrogen) atoms. The van der Waals surface area contributed by atoms with Crippen LogP contribution in [0.3, 0.4) is 0 Å². The van der Waals surface area contributed by atoms with Crippen LogP contribution in [0.5, 0.6) is 0 Å². The summed E-state index contributed by atoms with van der Waals surface area (Å²) in [6.45, 7) is 5.34. The molecule has 0 unspecified atom stereocenters. The van der Waals surface area contributed by atoms with Crippen molar-refractivity contribution in [3.05, 3.63) is 123 Å². The van der Waals surface area contributed by atoms with Gasteiger partial charge in [-0.25, -0.2) is 13.4 Å². The Morgan fingerprint density at radius 1 is 1.02 bits per heavy atom. The third kappa shape index (κ3) is 5.98. The van der Waals surface area contributed by atoms with Crippen LogP contribution in [-0.2, 0) is 15.6 Å². The van der Waals surface area contributed by atoms with Gasteiger partial charge in [0.15, 0.2) is 9.84 Å². The molecule has 0 saturated carbocycles. The molecule has 1 atom stereocenters. The van der Waals surface area contributed by atoms with Gasteiger partial charge < -0.3 is 5.32 Å². The smallest absolute Gasteiger partial charge is 0.272 e. The monoisotopic (exact) mass is 600 g/mol. The van der Waals surface area contributed by atoms with Crippen LogP contribution in [0.4, 0.5) is 0 Å². The van der Waals surface area contributed by atoms with Crippen molar-refractivity contribution >= 4 is 38.1 Å². The van der Waals surface area contributed by atoms with E-state index in [9.17, 15) is 18.0 Å². The van der Waals surface area contributed by atoms with Crippen LogP contribution in [-0.4, -0.2) is 35.1 Å². The van der Waals surface area contributed by atoms with E-state index in [-0.39, 0.29) is 17.0 Å². The Hall–Kier alpha value is -4.34. The van der Waals surface area contributed by atoms with Gasteiger partial charge in [0.1, 0.15) is 5.69 Å². The summed E-state index contributed by atoms with van der Waals surface area (Å²) < 4.78 is 25.4. The lowest BCUT2D eigenvalue weighted by Crippen LogP contribution is -2.33. The fourth-order valence-electron chi connectivity index (χ4n) is 4.91. The number of nitrogens with zero attached hydrogens (tertiary/aromatic N) is 3. The molecule has 0 spiro atoms. The lowest BCUT2D eigenvalue weighted by molar-refractivity contribution is 0.0932. The van der Waals surface area contributed by atoms with Gasteiger partial charge in [0, 0.05) is 23.2 Å². The van der Waals surface area contributed by atoms with Gasteiger partial charge in [-0.05, 0) is 67.6 Å². The first-order valence-corrected chi connectivity index (χ1v) is 15.7. The topological polar surface area (TPSA) is 111 Å². The maximum Gasteiger partial charge on any atom is 0.272 e. The highest BCUT2D eigenvalue weighted by atomic mass is 35.5. The molecule has 2 heterocycles. The second-order valence-corrected chi connectivity index (χ2v) is 12.9. The van der Waals surface area contributed by atoms with Gasteiger partial charge in [-0.15, -0.1) is 0 Å². The van der Waals surface area contributed by atoms with Crippen LogP contribution in [0, 0.1) is 13.8 Å². The first-order chi connectivity index (χ1) is 19.9. The van der Waals surface area contributed by atoms with Crippen molar-refractivity contribution in [2.75, 3.05) is 6.26 Å². The van der Waals surface area contributed by atoms with Crippen LogP contribution < -0.4 is 10.9 Å². The molecule has 10 heteroatoms. The molecule has 3 aromatic carbocycles. The summed E-state index contributed by atoms with van der Waals surface area (Å²) in [6, 6.07) is 21.1. The van der Waals surface area contributed by atoms with Gasteiger partial charge >= 0.3 is 0 Å². The van der Waals surface area contributed by atoms with Crippen LogP contribution in [0.2, 0.25) is 5.02 Å². The Morgan fingerprint density at radius 2 is 1.76 bits per heavy atom. The number of hydrogen-bond acceptors (Lipinski definition) is 6. The van der Waals surface area contributed by atoms with E-state index >= 15 is 0 Å². The molecule has 0 aliphatic rings. The summed E-state index contributed by atoms with van der Waals surface area (Å²) in [4.78, 5) is 36.3. The predicted molar refractivity (Wildman–Crippen MR) is 166 cm³/mol. The molecule has 2 aromatic heterocycles. The Morgan fingerprint density at radius 3 is 2.48 bits per heavy atom. The maximum atomic E-state index is 13.7. The average molecular weight is 601 g/mol. The van der Waals surface area contributed by atoms with E-state index in [1.165, 1.54) is 6.26 Å². The summed E-state index contributed by atoms with van der Waals surface area (Å²) in [5.74, 6) is -0.562. The van der Waals surface area contributed by atoms with Gasteiger partial charge in [-0.1, -0.05) is 54.1 Å². The summed E-state index contributed by atoms with van der Waals surface area (Å²) in [5, 5.41) is 4.40. The molecule has 0 radical (unpaired) electrons. The number of fused-ring (bicyclic) bond motifs is 1. The number of para-hydroxylation sites is 1. The Labute approximate surface area is 249 Å². The van der Waals surface area contributed by atoms with Gasteiger partial charge in [0.25, 0.3) is 11.5 Å². The highest BCUT2D eigenvalue weighted by Crippen LogP contribution is 2.26. The number of rotatable bonds is 7. The van der Waals surface area contributed by atoms with Crippen LogP contribution in [0.1, 0.15) is 46.0 Å². The number of aromatic nitrogens is 3. The van der Waals surface area contributed by atoms with Crippen LogP contribution in [0.25, 0.3) is 27.7 Å². The quantitative estimate of drug-likeness (QED) is 0.254. The third-order valence-corrected chi connectivity index (χ3v) is 8.21. The molecular formula is C32H29ClN4O4S. The predicted octanol–water partition coefficient (Wildman–Crippen LogP) is 5.75. The minimum atomic E-state index is -3.24. The van der Waals surface area contributed by atoms with Crippen molar-refractivity contribution in [3.63, 3.8) is 0 Å². The fourth-order valence-corrected chi connectivity index (χ4v) is 6.05. The molecule has 0 saturated heterocycles. The zero-order valence-electron chi connectivity index (χ0n) is 23.6. The van der Waals surface area contributed by atoms with E-state index in [1.54, 1.807) is 42.8 Å². The number of aryl methyl sites for hydroxylation is 2.